The maximum Gasteiger partial charge on any atom is 0.259 e. The van der Waals surface area contributed by atoms with Crippen LogP contribution in [0.4, 0.5) is 5.69 Å². The van der Waals surface area contributed by atoms with Gasteiger partial charge in [0.2, 0.25) is 0 Å². The molecule has 1 aromatic carbocycles. The zero-order valence-corrected chi connectivity index (χ0v) is 10.9. The van der Waals surface area contributed by atoms with Gasteiger partial charge in [0.15, 0.2) is 5.82 Å². The van der Waals surface area contributed by atoms with Gasteiger partial charge in [-0.05, 0) is 46.5 Å². The van der Waals surface area contributed by atoms with Crippen molar-refractivity contribution in [3.63, 3.8) is 0 Å². The molecule has 2 unspecified atom stereocenters. The third-order valence-electron chi connectivity index (χ3n) is 3.10. The van der Waals surface area contributed by atoms with E-state index in [2.05, 4.69) is 33.0 Å². The smallest absolute Gasteiger partial charge is 0.259 e. The SMILES string of the molecule is CC1CC1c1noc(-c2cc(N)ccc2Br)n1. The summed E-state index contributed by atoms with van der Waals surface area (Å²) < 4.78 is 6.20. The summed E-state index contributed by atoms with van der Waals surface area (Å²) >= 11 is 3.46. The van der Waals surface area contributed by atoms with Crippen molar-refractivity contribution in [2.45, 2.75) is 19.3 Å². The number of nitrogens with zero attached hydrogens (tertiary/aromatic N) is 2. The zero-order valence-electron chi connectivity index (χ0n) is 9.35. The molecule has 1 saturated carbocycles. The van der Waals surface area contributed by atoms with Gasteiger partial charge in [-0.1, -0.05) is 12.1 Å². The highest BCUT2D eigenvalue weighted by molar-refractivity contribution is 9.10. The highest BCUT2D eigenvalue weighted by atomic mass is 79.9. The summed E-state index contributed by atoms with van der Waals surface area (Å²) in [5.74, 6) is 2.47. The second-order valence-corrected chi connectivity index (χ2v) is 5.37. The number of halogens is 1. The monoisotopic (exact) mass is 293 g/mol. The van der Waals surface area contributed by atoms with E-state index in [-0.39, 0.29) is 0 Å². The molecule has 0 radical (unpaired) electrons. The molecule has 0 spiro atoms. The Kier molecular flexibility index (Phi) is 2.43. The topological polar surface area (TPSA) is 64.9 Å². The van der Waals surface area contributed by atoms with E-state index in [0.29, 0.717) is 23.4 Å². The molecule has 4 nitrogen and oxygen atoms in total. The minimum atomic E-state index is 0.465. The van der Waals surface area contributed by atoms with E-state index >= 15 is 0 Å². The first-order chi connectivity index (χ1) is 8.15. The number of nitrogens with two attached hydrogens (primary N) is 1. The van der Waals surface area contributed by atoms with E-state index in [1.54, 1.807) is 0 Å². The molecule has 0 amide bonds. The van der Waals surface area contributed by atoms with Gasteiger partial charge in [0, 0.05) is 16.1 Å². The second kappa shape index (κ2) is 3.84. The molecule has 1 fully saturated rings. The van der Waals surface area contributed by atoms with Crippen LogP contribution in [0.15, 0.2) is 27.2 Å². The molecule has 88 valence electrons. The van der Waals surface area contributed by atoms with E-state index in [4.69, 9.17) is 10.3 Å². The first-order valence-electron chi connectivity index (χ1n) is 5.54. The van der Waals surface area contributed by atoms with E-state index in [0.717, 1.165) is 22.3 Å². The fraction of sp³-hybridized carbons (Fsp3) is 0.333. The molecule has 1 aromatic heterocycles. The highest BCUT2D eigenvalue weighted by Gasteiger charge is 2.38. The first-order valence-corrected chi connectivity index (χ1v) is 6.33. The van der Waals surface area contributed by atoms with Crippen molar-refractivity contribution < 1.29 is 4.52 Å². The third kappa shape index (κ3) is 1.95. The lowest BCUT2D eigenvalue weighted by molar-refractivity contribution is 0.422. The highest BCUT2D eigenvalue weighted by Crippen LogP contribution is 2.46. The maximum atomic E-state index is 5.76. The number of hydrogen-bond acceptors (Lipinski definition) is 4. The summed E-state index contributed by atoms with van der Waals surface area (Å²) in [5.41, 5.74) is 7.28. The second-order valence-electron chi connectivity index (χ2n) is 4.52. The largest absolute Gasteiger partial charge is 0.399 e. The third-order valence-corrected chi connectivity index (χ3v) is 3.80. The molecule has 3 rings (SSSR count). The zero-order chi connectivity index (χ0) is 12.0. The molecule has 5 heteroatoms. The Hall–Kier alpha value is -1.36. The molecule has 1 aliphatic rings. The number of nitrogen functional groups attached to an aromatic ring is 1. The van der Waals surface area contributed by atoms with Crippen molar-refractivity contribution in [2.75, 3.05) is 5.73 Å². The van der Waals surface area contributed by atoms with Gasteiger partial charge in [-0.15, -0.1) is 0 Å². The molecule has 2 aromatic rings. The number of rotatable bonds is 2. The van der Waals surface area contributed by atoms with Gasteiger partial charge >= 0.3 is 0 Å². The summed E-state index contributed by atoms with van der Waals surface area (Å²) in [6.45, 7) is 2.19. The summed E-state index contributed by atoms with van der Waals surface area (Å²) in [6, 6.07) is 5.54. The Morgan fingerprint density at radius 1 is 1.47 bits per heavy atom. The Bertz CT molecular complexity index is 567. The number of benzene rings is 1. The Morgan fingerprint density at radius 3 is 2.94 bits per heavy atom. The predicted molar refractivity (Wildman–Crippen MR) is 68.4 cm³/mol. The molecule has 1 aliphatic carbocycles. The molecule has 0 aliphatic heterocycles. The Balaban J connectivity index is 1.98. The van der Waals surface area contributed by atoms with E-state index < -0.39 is 0 Å². The van der Waals surface area contributed by atoms with Gasteiger partial charge in [0.25, 0.3) is 5.89 Å². The standard InChI is InChI=1S/C12H12BrN3O/c1-6-4-8(6)11-15-12(17-16-11)9-5-7(14)2-3-10(9)13/h2-3,5-6,8H,4,14H2,1H3. The van der Waals surface area contributed by atoms with Crippen LogP contribution < -0.4 is 5.73 Å². The van der Waals surface area contributed by atoms with Gasteiger partial charge in [0.1, 0.15) is 0 Å². The molecule has 0 bridgehead atoms. The number of hydrogen-bond donors (Lipinski definition) is 1. The van der Waals surface area contributed by atoms with E-state index in [1.165, 1.54) is 0 Å². The lowest BCUT2D eigenvalue weighted by Gasteiger charge is -1.99. The molecule has 1 heterocycles. The van der Waals surface area contributed by atoms with Crippen LogP contribution in [0.1, 0.15) is 25.1 Å². The molecule has 2 N–H and O–H groups in total. The minimum Gasteiger partial charge on any atom is -0.399 e. The molecule has 0 saturated heterocycles. The van der Waals surface area contributed by atoms with E-state index in [9.17, 15) is 0 Å². The van der Waals surface area contributed by atoms with Crippen molar-refractivity contribution in [1.29, 1.82) is 0 Å². The summed E-state index contributed by atoms with van der Waals surface area (Å²) in [6.07, 6.45) is 1.15. The van der Waals surface area contributed by atoms with Gasteiger partial charge in [0.05, 0.1) is 5.56 Å². The predicted octanol–water partition coefficient (Wildman–Crippen LogP) is 3.20. The fourth-order valence-corrected chi connectivity index (χ4v) is 2.30. The van der Waals surface area contributed by atoms with Gasteiger partial charge in [-0.2, -0.15) is 4.98 Å². The van der Waals surface area contributed by atoms with Crippen LogP contribution in [0.5, 0.6) is 0 Å². The van der Waals surface area contributed by atoms with E-state index in [1.807, 2.05) is 18.2 Å². The summed E-state index contributed by atoms with van der Waals surface area (Å²) in [4.78, 5) is 4.43. The van der Waals surface area contributed by atoms with Crippen molar-refractivity contribution >= 4 is 21.6 Å². The van der Waals surface area contributed by atoms with Gasteiger partial charge in [-0.25, -0.2) is 0 Å². The van der Waals surface area contributed by atoms with Gasteiger partial charge < -0.3 is 10.3 Å². The lowest BCUT2D eigenvalue weighted by atomic mass is 10.2. The minimum absolute atomic E-state index is 0.465. The molecular formula is C12H12BrN3O. The molecular weight excluding hydrogens is 282 g/mol. The average Bonchev–Trinajstić information content (AvgIpc) is 2.85. The summed E-state index contributed by atoms with van der Waals surface area (Å²) in [7, 11) is 0. The number of anilines is 1. The Morgan fingerprint density at radius 2 is 2.24 bits per heavy atom. The van der Waals surface area contributed by atoms with Crippen LogP contribution in [0.25, 0.3) is 11.5 Å². The molecule has 2 atom stereocenters. The van der Waals surface area contributed by atoms with Crippen molar-refractivity contribution in [3.8, 4) is 11.5 Å². The van der Waals surface area contributed by atoms with Crippen molar-refractivity contribution in [1.82, 2.24) is 10.1 Å². The maximum absolute atomic E-state index is 5.76. The lowest BCUT2D eigenvalue weighted by Crippen LogP contribution is -1.88. The van der Waals surface area contributed by atoms with Crippen LogP contribution in [-0.4, -0.2) is 10.1 Å². The average molecular weight is 294 g/mol. The van der Waals surface area contributed by atoms with Crippen LogP contribution in [0, 0.1) is 5.92 Å². The molecule has 17 heavy (non-hydrogen) atoms. The normalized spacial score (nSPS) is 22.7. The van der Waals surface area contributed by atoms with Crippen LogP contribution >= 0.6 is 15.9 Å². The van der Waals surface area contributed by atoms with Crippen LogP contribution in [0.2, 0.25) is 0 Å². The van der Waals surface area contributed by atoms with Crippen molar-refractivity contribution in [2.24, 2.45) is 5.92 Å². The van der Waals surface area contributed by atoms with Crippen molar-refractivity contribution in [3.05, 3.63) is 28.5 Å². The summed E-state index contributed by atoms with van der Waals surface area (Å²) in [5, 5.41) is 4.03. The number of aromatic nitrogens is 2. The fourth-order valence-electron chi connectivity index (χ4n) is 1.88. The Labute approximate surface area is 107 Å². The first kappa shape index (κ1) is 10.8. The quantitative estimate of drug-likeness (QED) is 0.864. The van der Waals surface area contributed by atoms with Gasteiger partial charge in [-0.3, -0.25) is 0 Å². The van der Waals surface area contributed by atoms with Crippen LogP contribution in [-0.2, 0) is 0 Å². The van der Waals surface area contributed by atoms with Crippen LogP contribution in [0.3, 0.4) is 0 Å².